The Bertz CT molecular complexity index is 346. The van der Waals surface area contributed by atoms with Crippen molar-refractivity contribution in [3.63, 3.8) is 0 Å². The van der Waals surface area contributed by atoms with E-state index in [1.807, 2.05) is 20.8 Å². The van der Waals surface area contributed by atoms with Crippen molar-refractivity contribution in [3.8, 4) is 0 Å². The predicted molar refractivity (Wildman–Crippen MR) is 76.6 cm³/mol. The van der Waals surface area contributed by atoms with Crippen LogP contribution in [0.4, 0.5) is 4.79 Å². The number of carbonyl (C=O) groups is 2. The van der Waals surface area contributed by atoms with Gasteiger partial charge in [-0.05, 0) is 38.5 Å². The number of rotatable bonds is 6. The maximum absolute atomic E-state index is 11.8. The van der Waals surface area contributed by atoms with Crippen molar-refractivity contribution >= 4 is 12.1 Å². The Labute approximate surface area is 121 Å². The predicted octanol–water partition coefficient (Wildman–Crippen LogP) is 3.33. The first-order chi connectivity index (χ1) is 9.29. The lowest BCUT2D eigenvalue weighted by Gasteiger charge is -2.36. The van der Waals surface area contributed by atoms with Gasteiger partial charge in [0.05, 0.1) is 6.42 Å². The van der Waals surface area contributed by atoms with Crippen LogP contribution in [0.1, 0.15) is 65.7 Å². The average molecular weight is 285 g/mol. The van der Waals surface area contributed by atoms with Crippen molar-refractivity contribution in [1.82, 2.24) is 5.32 Å². The van der Waals surface area contributed by atoms with E-state index in [2.05, 4.69) is 5.32 Å². The third kappa shape index (κ3) is 5.39. The van der Waals surface area contributed by atoms with Crippen molar-refractivity contribution in [2.45, 2.75) is 71.3 Å². The summed E-state index contributed by atoms with van der Waals surface area (Å²) in [7, 11) is 0. The van der Waals surface area contributed by atoms with Gasteiger partial charge in [0.25, 0.3) is 0 Å². The van der Waals surface area contributed by atoms with Gasteiger partial charge in [-0.3, -0.25) is 4.79 Å². The highest BCUT2D eigenvalue weighted by Gasteiger charge is 2.35. The summed E-state index contributed by atoms with van der Waals surface area (Å²) in [6, 6.07) is 0. The molecule has 0 spiro atoms. The van der Waals surface area contributed by atoms with Crippen LogP contribution in [-0.2, 0) is 9.53 Å². The van der Waals surface area contributed by atoms with Crippen LogP contribution >= 0.6 is 0 Å². The molecule has 1 aliphatic rings. The molecule has 5 nitrogen and oxygen atoms in total. The van der Waals surface area contributed by atoms with Crippen LogP contribution in [0.2, 0.25) is 0 Å². The molecule has 1 amide bonds. The molecule has 20 heavy (non-hydrogen) atoms. The van der Waals surface area contributed by atoms with Gasteiger partial charge in [-0.25, -0.2) is 4.79 Å². The number of hydrogen-bond donors (Lipinski definition) is 2. The number of amides is 1. The first-order valence-corrected chi connectivity index (χ1v) is 7.47. The lowest BCUT2D eigenvalue weighted by molar-refractivity contribution is -0.140. The summed E-state index contributed by atoms with van der Waals surface area (Å²) in [4.78, 5) is 22.9. The Morgan fingerprint density at radius 1 is 1.25 bits per heavy atom. The molecular weight excluding hydrogens is 258 g/mol. The summed E-state index contributed by atoms with van der Waals surface area (Å²) in [6.07, 6.45) is 5.33. The lowest BCUT2D eigenvalue weighted by atomic mass is 9.72. The van der Waals surface area contributed by atoms with Crippen molar-refractivity contribution < 1.29 is 19.4 Å². The van der Waals surface area contributed by atoms with E-state index in [-0.39, 0.29) is 11.8 Å². The Kier molecular flexibility index (Phi) is 5.84. The summed E-state index contributed by atoms with van der Waals surface area (Å²) >= 11 is 0. The molecule has 5 heteroatoms. The molecule has 0 bridgehead atoms. The molecule has 1 aliphatic carbocycles. The fraction of sp³-hybridized carbons (Fsp3) is 0.867. The summed E-state index contributed by atoms with van der Waals surface area (Å²) in [5.74, 6) is -0.795. The smallest absolute Gasteiger partial charge is 0.407 e. The molecule has 1 rings (SSSR count). The van der Waals surface area contributed by atoms with Gasteiger partial charge >= 0.3 is 12.1 Å². The van der Waals surface area contributed by atoms with Crippen molar-refractivity contribution in [2.24, 2.45) is 5.41 Å². The lowest BCUT2D eigenvalue weighted by Crippen LogP contribution is -2.42. The second-order valence-electron chi connectivity index (χ2n) is 6.49. The van der Waals surface area contributed by atoms with Crippen LogP contribution in [0.5, 0.6) is 0 Å². The molecule has 1 saturated carbocycles. The SMILES string of the molecule is CCC(C)(C)OC(=O)NCC1(CC(=O)O)CCCCC1. The molecule has 0 aliphatic heterocycles. The summed E-state index contributed by atoms with van der Waals surface area (Å²) in [5, 5.41) is 11.8. The molecule has 0 unspecified atom stereocenters. The van der Waals surface area contributed by atoms with E-state index in [4.69, 9.17) is 9.84 Å². The zero-order valence-corrected chi connectivity index (χ0v) is 12.8. The molecular formula is C15H27NO4. The standard InChI is InChI=1S/C15H27NO4/c1-4-14(2,3)20-13(19)16-11-15(10-12(17)18)8-6-5-7-9-15/h4-11H2,1-3H3,(H,16,19)(H,17,18). The molecule has 1 fully saturated rings. The molecule has 0 heterocycles. The van der Waals surface area contributed by atoms with Crippen LogP contribution in [0.3, 0.4) is 0 Å². The third-order valence-electron chi connectivity index (χ3n) is 4.27. The summed E-state index contributed by atoms with van der Waals surface area (Å²) in [5.41, 5.74) is -0.796. The Hall–Kier alpha value is -1.26. The monoisotopic (exact) mass is 285 g/mol. The van der Waals surface area contributed by atoms with E-state index in [0.717, 1.165) is 38.5 Å². The maximum atomic E-state index is 11.8. The van der Waals surface area contributed by atoms with E-state index < -0.39 is 17.7 Å². The third-order valence-corrected chi connectivity index (χ3v) is 4.27. The van der Waals surface area contributed by atoms with Gasteiger partial charge < -0.3 is 15.2 Å². The molecule has 0 aromatic carbocycles. The molecule has 0 aromatic rings. The largest absolute Gasteiger partial charge is 0.481 e. The van der Waals surface area contributed by atoms with Crippen LogP contribution < -0.4 is 5.32 Å². The summed E-state index contributed by atoms with van der Waals surface area (Å²) in [6.45, 7) is 6.07. The number of aliphatic carboxylic acids is 1. The number of carboxylic acids is 1. The minimum Gasteiger partial charge on any atom is -0.481 e. The normalized spacial score (nSPS) is 18.4. The molecule has 0 atom stereocenters. The van der Waals surface area contributed by atoms with E-state index in [1.54, 1.807) is 0 Å². The van der Waals surface area contributed by atoms with E-state index in [1.165, 1.54) is 0 Å². The van der Waals surface area contributed by atoms with E-state index >= 15 is 0 Å². The first-order valence-electron chi connectivity index (χ1n) is 7.47. The zero-order valence-electron chi connectivity index (χ0n) is 12.8. The zero-order chi connectivity index (χ0) is 15.2. The number of alkyl carbamates (subject to hydrolysis) is 1. The topological polar surface area (TPSA) is 75.6 Å². The molecule has 0 aromatic heterocycles. The van der Waals surface area contributed by atoms with E-state index in [0.29, 0.717) is 6.54 Å². The Balaban J connectivity index is 2.54. The number of ether oxygens (including phenoxy) is 1. The maximum Gasteiger partial charge on any atom is 0.407 e. The Morgan fingerprint density at radius 2 is 1.85 bits per heavy atom. The Morgan fingerprint density at radius 3 is 2.35 bits per heavy atom. The number of hydrogen-bond acceptors (Lipinski definition) is 3. The fourth-order valence-corrected chi connectivity index (χ4v) is 2.66. The summed E-state index contributed by atoms with van der Waals surface area (Å²) < 4.78 is 5.33. The van der Waals surface area contributed by atoms with Gasteiger partial charge in [0.2, 0.25) is 0 Å². The van der Waals surface area contributed by atoms with Crippen molar-refractivity contribution in [1.29, 1.82) is 0 Å². The second-order valence-corrected chi connectivity index (χ2v) is 6.49. The van der Waals surface area contributed by atoms with Gasteiger partial charge in [0, 0.05) is 6.54 Å². The minimum absolute atomic E-state index is 0.116. The van der Waals surface area contributed by atoms with Crippen LogP contribution in [0.25, 0.3) is 0 Å². The van der Waals surface area contributed by atoms with Gasteiger partial charge in [0.1, 0.15) is 5.60 Å². The fourth-order valence-electron chi connectivity index (χ4n) is 2.66. The van der Waals surface area contributed by atoms with Crippen LogP contribution in [0.15, 0.2) is 0 Å². The van der Waals surface area contributed by atoms with Crippen LogP contribution in [0, 0.1) is 5.41 Å². The number of carbonyl (C=O) groups excluding carboxylic acids is 1. The highest BCUT2D eigenvalue weighted by Crippen LogP contribution is 2.38. The minimum atomic E-state index is -0.795. The first kappa shape index (κ1) is 16.8. The van der Waals surface area contributed by atoms with Crippen LogP contribution in [-0.4, -0.2) is 29.3 Å². The van der Waals surface area contributed by atoms with E-state index in [9.17, 15) is 9.59 Å². The van der Waals surface area contributed by atoms with Crippen molar-refractivity contribution in [3.05, 3.63) is 0 Å². The van der Waals surface area contributed by atoms with Crippen molar-refractivity contribution in [2.75, 3.05) is 6.54 Å². The van der Waals surface area contributed by atoms with Gasteiger partial charge in [-0.15, -0.1) is 0 Å². The second kappa shape index (κ2) is 6.95. The molecule has 0 saturated heterocycles. The molecule has 2 N–H and O–H groups in total. The molecule has 116 valence electrons. The highest BCUT2D eigenvalue weighted by atomic mass is 16.6. The van der Waals surface area contributed by atoms with Gasteiger partial charge in [0.15, 0.2) is 0 Å². The average Bonchev–Trinajstić information content (AvgIpc) is 2.36. The molecule has 0 radical (unpaired) electrons. The van der Waals surface area contributed by atoms with Gasteiger partial charge in [-0.2, -0.15) is 0 Å². The highest BCUT2D eigenvalue weighted by molar-refractivity contribution is 5.69. The number of nitrogens with one attached hydrogen (secondary N) is 1. The van der Waals surface area contributed by atoms with Gasteiger partial charge in [-0.1, -0.05) is 26.2 Å². The quantitative estimate of drug-likeness (QED) is 0.785. The number of carboxylic acid groups (broad SMARTS) is 1.